The summed E-state index contributed by atoms with van der Waals surface area (Å²) in [4.78, 5) is 24.1. The number of methoxy groups -OCH3 is 3. The molecule has 24 heavy (non-hydrogen) atoms. The van der Waals surface area contributed by atoms with Crippen LogP contribution in [0.2, 0.25) is 0 Å². The van der Waals surface area contributed by atoms with E-state index in [4.69, 9.17) is 14.2 Å². The van der Waals surface area contributed by atoms with Crippen molar-refractivity contribution in [2.75, 3.05) is 33.3 Å². The van der Waals surface area contributed by atoms with E-state index in [-0.39, 0.29) is 12.3 Å². The molecule has 0 bridgehead atoms. The number of carbonyl (C=O) groups is 2. The molecule has 0 saturated heterocycles. The number of esters is 1. The van der Waals surface area contributed by atoms with Gasteiger partial charge in [0.05, 0.1) is 27.8 Å². The third kappa shape index (κ3) is 5.90. The fourth-order valence-corrected chi connectivity index (χ4v) is 3.01. The van der Waals surface area contributed by atoms with Gasteiger partial charge in [0, 0.05) is 4.47 Å². The van der Waals surface area contributed by atoms with Gasteiger partial charge >= 0.3 is 5.97 Å². The summed E-state index contributed by atoms with van der Waals surface area (Å²) in [5.74, 6) is 1.15. The number of benzene rings is 1. The van der Waals surface area contributed by atoms with Gasteiger partial charge in [-0.05, 0) is 36.1 Å². The van der Waals surface area contributed by atoms with Crippen molar-refractivity contribution in [2.24, 2.45) is 0 Å². The summed E-state index contributed by atoms with van der Waals surface area (Å²) < 4.78 is 15.9. The van der Waals surface area contributed by atoms with Crippen LogP contribution in [-0.2, 0) is 20.7 Å². The number of ether oxygens (including phenoxy) is 3. The Labute approximate surface area is 154 Å². The van der Waals surface area contributed by atoms with Crippen molar-refractivity contribution < 1.29 is 23.8 Å². The predicted molar refractivity (Wildman–Crippen MR) is 97.9 cm³/mol. The zero-order valence-electron chi connectivity index (χ0n) is 14.2. The first kappa shape index (κ1) is 20.6. The van der Waals surface area contributed by atoms with Crippen LogP contribution in [0.3, 0.4) is 0 Å². The van der Waals surface area contributed by atoms with Crippen LogP contribution < -0.4 is 14.8 Å². The Kier molecular flexibility index (Phi) is 8.99. The summed E-state index contributed by atoms with van der Waals surface area (Å²) in [5, 5.41) is 2.72. The maximum atomic E-state index is 12.3. The maximum absolute atomic E-state index is 12.3. The first-order valence-electron chi connectivity index (χ1n) is 7.23. The molecule has 6 nitrogen and oxygen atoms in total. The average Bonchev–Trinajstić information content (AvgIpc) is 2.59. The van der Waals surface area contributed by atoms with Crippen LogP contribution in [0.4, 0.5) is 0 Å². The van der Waals surface area contributed by atoms with Crippen molar-refractivity contribution in [3.8, 4) is 11.5 Å². The van der Waals surface area contributed by atoms with Crippen molar-refractivity contribution >= 4 is 39.6 Å². The summed E-state index contributed by atoms with van der Waals surface area (Å²) in [6.45, 7) is 0. The minimum atomic E-state index is -0.645. The molecule has 0 aromatic heterocycles. The molecule has 1 rings (SSSR count). The van der Waals surface area contributed by atoms with E-state index in [9.17, 15) is 9.59 Å². The smallest absolute Gasteiger partial charge is 0.328 e. The molecule has 0 aliphatic rings. The fourth-order valence-electron chi connectivity index (χ4n) is 2.08. The van der Waals surface area contributed by atoms with E-state index in [1.165, 1.54) is 14.2 Å². The summed E-state index contributed by atoms with van der Waals surface area (Å²) in [7, 11) is 4.39. The van der Waals surface area contributed by atoms with Crippen molar-refractivity contribution in [2.45, 2.75) is 18.9 Å². The van der Waals surface area contributed by atoms with Gasteiger partial charge in [-0.15, -0.1) is 0 Å². The molecule has 0 heterocycles. The number of thioether (sulfide) groups is 1. The van der Waals surface area contributed by atoms with E-state index in [1.807, 2.05) is 6.26 Å². The summed E-state index contributed by atoms with van der Waals surface area (Å²) >= 11 is 5.02. The van der Waals surface area contributed by atoms with Crippen LogP contribution in [-0.4, -0.2) is 51.3 Å². The molecule has 1 atom stereocenters. The normalized spacial score (nSPS) is 11.5. The predicted octanol–water partition coefficient (Wildman–Crippen LogP) is 2.42. The first-order chi connectivity index (χ1) is 11.5. The van der Waals surface area contributed by atoms with E-state index < -0.39 is 12.0 Å². The van der Waals surface area contributed by atoms with E-state index >= 15 is 0 Å². The Bertz CT molecular complexity index is 582. The Hall–Kier alpha value is -1.41. The second kappa shape index (κ2) is 10.5. The lowest BCUT2D eigenvalue weighted by molar-refractivity contribution is -0.145. The first-order valence-corrected chi connectivity index (χ1v) is 9.42. The lowest BCUT2D eigenvalue weighted by Crippen LogP contribution is -2.42. The molecule has 0 saturated carbocycles. The minimum Gasteiger partial charge on any atom is -0.493 e. The van der Waals surface area contributed by atoms with E-state index in [1.54, 1.807) is 31.0 Å². The average molecular weight is 420 g/mol. The molecule has 134 valence electrons. The molecule has 8 heteroatoms. The van der Waals surface area contributed by atoms with Crippen molar-refractivity contribution in [1.82, 2.24) is 5.32 Å². The van der Waals surface area contributed by atoms with Gasteiger partial charge in [-0.25, -0.2) is 4.79 Å². The number of amides is 1. The molecular formula is C16H22BrNO5S. The lowest BCUT2D eigenvalue weighted by atomic mass is 10.1. The van der Waals surface area contributed by atoms with Crippen LogP contribution in [0.25, 0.3) is 0 Å². The van der Waals surface area contributed by atoms with Gasteiger partial charge < -0.3 is 19.5 Å². The summed E-state index contributed by atoms with van der Waals surface area (Å²) in [5.41, 5.74) is 0.735. The third-order valence-electron chi connectivity index (χ3n) is 3.34. The number of hydrogen-bond acceptors (Lipinski definition) is 6. The highest BCUT2D eigenvalue weighted by Crippen LogP contribution is 2.33. The van der Waals surface area contributed by atoms with Gasteiger partial charge in [-0.1, -0.05) is 15.9 Å². The van der Waals surface area contributed by atoms with Crippen molar-refractivity contribution in [3.63, 3.8) is 0 Å². The van der Waals surface area contributed by atoms with Gasteiger partial charge in [0.1, 0.15) is 6.04 Å². The Balaban J connectivity index is 2.84. The van der Waals surface area contributed by atoms with Crippen LogP contribution in [0.15, 0.2) is 16.6 Å². The number of hydrogen-bond donors (Lipinski definition) is 1. The topological polar surface area (TPSA) is 73.9 Å². The SMILES string of the molecule is COC(=O)[C@H](CCSC)NC(=O)Cc1cc(OC)c(OC)cc1Br. The quantitative estimate of drug-likeness (QED) is 0.619. The van der Waals surface area contributed by atoms with Gasteiger partial charge in [-0.2, -0.15) is 11.8 Å². The van der Waals surface area contributed by atoms with Gasteiger partial charge in [-0.3, -0.25) is 4.79 Å². The lowest BCUT2D eigenvalue weighted by Gasteiger charge is -2.17. The number of carbonyl (C=O) groups excluding carboxylic acids is 2. The molecule has 1 N–H and O–H groups in total. The fraction of sp³-hybridized carbons (Fsp3) is 0.500. The summed E-state index contributed by atoms with van der Waals surface area (Å²) in [6, 6.07) is 2.83. The molecule has 1 aromatic rings. The number of rotatable bonds is 9. The monoisotopic (exact) mass is 419 g/mol. The van der Waals surface area contributed by atoms with Crippen LogP contribution in [0, 0.1) is 0 Å². The van der Waals surface area contributed by atoms with Crippen molar-refractivity contribution in [3.05, 3.63) is 22.2 Å². The van der Waals surface area contributed by atoms with E-state index in [0.29, 0.717) is 17.9 Å². The highest BCUT2D eigenvalue weighted by molar-refractivity contribution is 9.10. The molecule has 0 radical (unpaired) electrons. The number of nitrogens with one attached hydrogen (secondary N) is 1. The molecule has 1 amide bonds. The third-order valence-corrected chi connectivity index (χ3v) is 4.72. The zero-order chi connectivity index (χ0) is 18.1. The maximum Gasteiger partial charge on any atom is 0.328 e. The molecule has 0 unspecified atom stereocenters. The molecule has 0 aliphatic carbocycles. The molecule has 1 aromatic carbocycles. The minimum absolute atomic E-state index is 0.105. The van der Waals surface area contributed by atoms with Crippen molar-refractivity contribution in [1.29, 1.82) is 0 Å². The van der Waals surface area contributed by atoms with Gasteiger partial charge in [0.2, 0.25) is 5.91 Å². The molecule has 0 aliphatic heterocycles. The standard InChI is InChI=1S/C16H22BrNO5S/c1-21-13-7-10(11(17)9-14(13)22-2)8-15(19)18-12(5-6-24-4)16(20)23-3/h7,9,12H,5-6,8H2,1-4H3,(H,18,19)/t12-/m0/s1. The second-order valence-corrected chi connectivity index (χ2v) is 6.74. The highest BCUT2D eigenvalue weighted by atomic mass is 79.9. The Morgan fingerprint density at radius 3 is 2.38 bits per heavy atom. The largest absolute Gasteiger partial charge is 0.493 e. The molecule has 0 fully saturated rings. The van der Waals surface area contributed by atoms with Gasteiger partial charge in [0.15, 0.2) is 11.5 Å². The Morgan fingerprint density at radius 1 is 1.21 bits per heavy atom. The van der Waals surface area contributed by atoms with Crippen LogP contribution >= 0.6 is 27.7 Å². The van der Waals surface area contributed by atoms with Crippen LogP contribution in [0.1, 0.15) is 12.0 Å². The second-order valence-electron chi connectivity index (χ2n) is 4.90. The van der Waals surface area contributed by atoms with E-state index in [2.05, 4.69) is 21.2 Å². The Morgan fingerprint density at radius 2 is 1.83 bits per heavy atom. The van der Waals surface area contributed by atoms with Crippen LogP contribution in [0.5, 0.6) is 11.5 Å². The highest BCUT2D eigenvalue weighted by Gasteiger charge is 2.22. The number of halogens is 1. The summed E-state index contributed by atoms with van der Waals surface area (Å²) in [6.07, 6.45) is 2.57. The molecular weight excluding hydrogens is 398 g/mol. The van der Waals surface area contributed by atoms with Gasteiger partial charge in [0.25, 0.3) is 0 Å². The molecule has 0 spiro atoms. The zero-order valence-corrected chi connectivity index (χ0v) is 16.6. The van der Waals surface area contributed by atoms with E-state index in [0.717, 1.165) is 15.8 Å².